The summed E-state index contributed by atoms with van der Waals surface area (Å²) in [5.41, 5.74) is 0.687. The number of aliphatic hydroxyl groups excluding tert-OH is 1. The first-order valence-corrected chi connectivity index (χ1v) is 7.17. The summed E-state index contributed by atoms with van der Waals surface area (Å²) in [7, 11) is 0. The predicted molar refractivity (Wildman–Crippen MR) is 79.9 cm³/mol. The Labute approximate surface area is 124 Å². The number of benzene rings is 1. The highest BCUT2D eigenvalue weighted by molar-refractivity contribution is 5.92. The predicted octanol–water partition coefficient (Wildman–Crippen LogP) is 1.04. The molecule has 1 unspecified atom stereocenters. The average molecular weight is 291 g/mol. The van der Waals surface area contributed by atoms with Gasteiger partial charge in [-0.15, -0.1) is 0 Å². The Balaban J connectivity index is 1.70. The van der Waals surface area contributed by atoms with Crippen LogP contribution in [0.1, 0.15) is 12.8 Å². The molecular weight excluding hydrogens is 270 g/mol. The van der Waals surface area contributed by atoms with E-state index in [1.54, 1.807) is 17.0 Å². The summed E-state index contributed by atoms with van der Waals surface area (Å²) in [5, 5.41) is 14.1. The van der Waals surface area contributed by atoms with Crippen molar-refractivity contribution in [1.82, 2.24) is 10.2 Å². The molecule has 1 aliphatic heterocycles. The van der Waals surface area contributed by atoms with Gasteiger partial charge in [0.15, 0.2) is 0 Å². The Morgan fingerprint density at radius 2 is 2.05 bits per heavy atom. The van der Waals surface area contributed by atoms with Crippen molar-refractivity contribution < 1.29 is 14.7 Å². The summed E-state index contributed by atoms with van der Waals surface area (Å²) < 4.78 is 0. The number of nitrogens with zero attached hydrogens (tertiary/aromatic N) is 1. The first kappa shape index (κ1) is 15.3. The first-order chi connectivity index (χ1) is 10.2. The van der Waals surface area contributed by atoms with Gasteiger partial charge in [0.05, 0.1) is 6.54 Å². The summed E-state index contributed by atoms with van der Waals surface area (Å²) in [6.45, 7) is 1.52. The maximum Gasteiger partial charge on any atom is 0.319 e. The average Bonchev–Trinajstić information content (AvgIpc) is 2.95. The van der Waals surface area contributed by atoms with E-state index in [0.29, 0.717) is 24.7 Å². The third kappa shape index (κ3) is 4.75. The van der Waals surface area contributed by atoms with Crippen LogP contribution in [0.4, 0.5) is 10.5 Å². The number of rotatable bonds is 5. The SMILES string of the molecule is O=C(NCC(=O)N1CCC(CCO)C1)Nc1ccccc1. The molecule has 1 heterocycles. The molecule has 1 atom stereocenters. The maximum absolute atomic E-state index is 12.0. The molecule has 0 spiro atoms. The Kier molecular flexibility index (Phi) is 5.57. The molecule has 0 radical (unpaired) electrons. The number of likely N-dealkylation sites (tertiary alicyclic amines) is 1. The topological polar surface area (TPSA) is 81.7 Å². The van der Waals surface area contributed by atoms with Gasteiger partial charge in [0, 0.05) is 25.4 Å². The van der Waals surface area contributed by atoms with Crippen LogP contribution in [0.2, 0.25) is 0 Å². The first-order valence-electron chi connectivity index (χ1n) is 7.17. The molecule has 0 aromatic heterocycles. The fourth-order valence-corrected chi connectivity index (χ4v) is 2.44. The molecule has 1 aromatic rings. The van der Waals surface area contributed by atoms with E-state index in [2.05, 4.69) is 10.6 Å². The number of hydrogen-bond donors (Lipinski definition) is 3. The van der Waals surface area contributed by atoms with E-state index in [0.717, 1.165) is 12.8 Å². The van der Waals surface area contributed by atoms with Crippen LogP contribution in [0.3, 0.4) is 0 Å². The quantitative estimate of drug-likeness (QED) is 0.758. The number of urea groups is 1. The van der Waals surface area contributed by atoms with E-state index < -0.39 is 0 Å². The van der Waals surface area contributed by atoms with E-state index in [1.165, 1.54) is 0 Å². The fraction of sp³-hybridized carbons (Fsp3) is 0.467. The molecule has 2 rings (SSSR count). The van der Waals surface area contributed by atoms with Crippen LogP contribution in [0, 0.1) is 5.92 Å². The van der Waals surface area contributed by atoms with Crippen molar-refractivity contribution in [2.24, 2.45) is 5.92 Å². The molecule has 1 saturated heterocycles. The lowest BCUT2D eigenvalue weighted by Gasteiger charge is -2.17. The molecule has 3 amide bonds. The lowest BCUT2D eigenvalue weighted by molar-refractivity contribution is -0.129. The Morgan fingerprint density at radius 1 is 1.29 bits per heavy atom. The monoisotopic (exact) mass is 291 g/mol. The summed E-state index contributed by atoms with van der Waals surface area (Å²) in [6, 6.07) is 8.69. The highest BCUT2D eigenvalue weighted by Crippen LogP contribution is 2.18. The van der Waals surface area contributed by atoms with Gasteiger partial charge in [0.2, 0.25) is 5.91 Å². The second kappa shape index (κ2) is 7.64. The van der Waals surface area contributed by atoms with Crippen LogP contribution in [-0.4, -0.2) is 48.2 Å². The van der Waals surface area contributed by atoms with Gasteiger partial charge >= 0.3 is 6.03 Å². The van der Waals surface area contributed by atoms with Gasteiger partial charge in [-0.25, -0.2) is 4.79 Å². The molecule has 0 bridgehead atoms. The van der Waals surface area contributed by atoms with Gasteiger partial charge in [-0.1, -0.05) is 18.2 Å². The van der Waals surface area contributed by atoms with Gasteiger partial charge in [0.1, 0.15) is 0 Å². The van der Waals surface area contributed by atoms with E-state index in [-0.39, 0.29) is 25.1 Å². The second-order valence-corrected chi connectivity index (χ2v) is 5.18. The molecule has 1 fully saturated rings. The fourth-order valence-electron chi connectivity index (χ4n) is 2.44. The second-order valence-electron chi connectivity index (χ2n) is 5.18. The highest BCUT2D eigenvalue weighted by Gasteiger charge is 2.25. The highest BCUT2D eigenvalue weighted by atomic mass is 16.3. The smallest absolute Gasteiger partial charge is 0.319 e. The van der Waals surface area contributed by atoms with Crippen molar-refractivity contribution in [3.05, 3.63) is 30.3 Å². The molecule has 6 nitrogen and oxygen atoms in total. The summed E-state index contributed by atoms with van der Waals surface area (Å²) in [4.78, 5) is 25.4. The normalized spacial score (nSPS) is 17.6. The third-order valence-electron chi connectivity index (χ3n) is 3.61. The number of carbonyl (C=O) groups is 2. The number of amides is 3. The van der Waals surface area contributed by atoms with Gasteiger partial charge < -0.3 is 20.6 Å². The minimum atomic E-state index is -0.388. The van der Waals surface area contributed by atoms with Crippen LogP contribution >= 0.6 is 0 Å². The minimum Gasteiger partial charge on any atom is -0.396 e. The van der Waals surface area contributed by atoms with Gasteiger partial charge in [0.25, 0.3) is 0 Å². The van der Waals surface area contributed by atoms with Crippen molar-refractivity contribution in [3.63, 3.8) is 0 Å². The maximum atomic E-state index is 12.0. The van der Waals surface area contributed by atoms with Crippen molar-refractivity contribution in [1.29, 1.82) is 0 Å². The summed E-state index contributed by atoms with van der Waals surface area (Å²) in [5.74, 6) is 0.288. The van der Waals surface area contributed by atoms with Crippen LogP contribution < -0.4 is 10.6 Å². The molecule has 3 N–H and O–H groups in total. The lowest BCUT2D eigenvalue weighted by atomic mass is 10.1. The van der Waals surface area contributed by atoms with E-state index >= 15 is 0 Å². The van der Waals surface area contributed by atoms with Crippen LogP contribution in [0.5, 0.6) is 0 Å². The number of anilines is 1. The molecule has 1 aromatic carbocycles. The molecule has 0 saturated carbocycles. The molecule has 21 heavy (non-hydrogen) atoms. The van der Waals surface area contributed by atoms with E-state index in [4.69, 9.17) is 5.11 Å². The minimum absolute atomic E-state index is 0.00941. The molecule has 6 heteroatoms. The summed E-state index contributed by atoms with van der Waals surface area (Å²) >= 11 is 0. The third-order valence-corrected chi connectivity index (χ3v) is 3.61. The number of aliphatic hydroxyl groups is 1. The Morgan fingerprint density at radius 3 is 2.76 bits per heavy atom. The van der Waals surface area contributed by atoms with Crippen molar-refractivity contribution >= 4 is 17.6 Å². The molecular formula is C15H21N3O3. The molecule has 1 aliphatic rings. The van der Waals surface area contributed by atoms with Gasteiger partial charge in [-0.3, -0.25) is 4.79 Å². The number of carbonyl (C=O) groups excluding carboxylic acids is 2. The van der Waals surface area contributed by atoms with Crippen molar-refractivity contribution in [2.75, 3.05) is 31.6 Å². The van der Waals surface area contributed by atoms with Crippen molar-refractivity contribution in [3.8, 4) is 0 Å². The van der Waals surface area contributed by atoms with Crippen LogP contribution in [0.25, 0.3) is 0 Å². The molecule has 0 aliphatic carbocycles. The largest absolute Gasteiger partial charge is 0.396 e. The zero-order valence-electron chi connectivity index (χ0n) is 11.9. The number of hydrogen-bond acceptors (Lipinski definition) is 3. The zero-order valence-corrected chi connectivity index (χ0v) is 11.9. The van der Waals surface area contributed by atoms with Crippen molar-refractivity contribution in [2.45, 2.75) is 12.8 Å². The molecule has 114 valence electrons. The van der Waals surface area contributed by atoms with Gasteiger partial charge in [-0.05, 0) is 30.9 Å². The lowest BCUT2D eigenvalue weighted by Crippen LogP contribution is -2.40. The van der Waals surface area contributed by atoms with Gasteiger partial charge in [-0.2, -0.15) is 0 Å². The van der Waals surface area contributed by atoms with E-state index in [9.17, 15) is 9.59 Å². The van der Waals surface area contributed by atoms with Crippen LogP contribution in [0.15, 0.2) is 30.3 Å². The summed E-state index contributed by atoms with van der Waals surface area (Å²) in [6.07, 6.45) is 1.65. The Hall–Kier alpha value is -2.08. The number of para-hydroxylation sites is 1. The van der Waals surface area contributed by atoms with E-state index in [1.807, 2.05) is 18.2 Å². The zero-order chi connectivity index (χ0) is 15.1. The number of nitrogens with one attached hydrogen (secondary N) is 2. The Bertz CT molecular complexity index is 478. The standard InChI is InChI=1S/C15H21N3O3/c19-9-7-12-6-8-18(11-12)14(20)10-16-15(21)17-13-4-2-1-3-5-13/h1-5,12,19H,6-11H2,(H2,16,17,21). The van der Waals surface area contributed by atoms with Crippen LogP contribution in [-0.2, 0) is 4.79 Å².